The van der Waals surface area contributed by atoms with Crippen LogP contribution in [0.3, 0.4) is 0 Å². The molecule has 0 saturated carbocycles. The Labute approximate surface area is 306 Å². The number of carbonyl (C=O) groups excluding carboxylic acids is 1. The Bertz CT molecular complexity index is 1820. The number of hydrogen-bond acceptors (Lipinski definition) is 10. The topological polar surface area (TPSA) is 66.0 Å². The first-order valence-electron chi connectivity index (χ1n) is 14.3. The van der Waals surface area contributed by atoms with Gasteiger partial charge in [0.05, 0.1) is 63.3 Å². The standard InChI is InChI=1S/C34H24F5NO5S5/c35-46-30-27(29(45-50-39)31(47-36)33(49-38)32(30)48-37)40-34(41)24-16-25(42-18-21-10-4-1-5-11-21)28(44-20-23-14-8-3-9-15-23)26(17-24)43-19-22-12-6-2-7-13-22/h1-17H,18-20H2,(H,40,41). The summed E-state index contributed by atoms with van der Waals surface area (Å²) in [6.45, 7) is 0.244. The molecule has 0 aliphatic rings. The Balaban J connectivity index is 1.60. The number of hydrogen-bond donors (Lipinski definition) is 1. The van der Waals surface area contributed by atoms with Crippen molar-refractivity contribution in [3.8, 4) is 23.0 Å². The zero-order chi connectivity index (χ0) is 35.3. The minimum Gasteiger partial charge on any atom is -0.485 e. The van der Waals surface area contributed by atoms with E-state index in [9.17, 15) is 24.2 Å². The number of amides is 1. The number of nitrogens with one attached hydrogen (secondary N) is 1. The molecule has 260 valence electrons. The van der Waals surface area contributed by atoms with Crippen LogP contribution in [0.1, 0.15) is 27.0 Å². The number of benzene rings is 5. The minimum absolute atomic E-state index is 0.0661. The molecule has 1 amide bonds. The van der Waals surface area contributed by atoms with Crippen molar-refractivity contribution < 1.29 is 42.6 Å². The summed E-state index contributed by atoms with van der Waals surface area (Å²) in [7, 11) is 0. The third kappa shape index (κ3) is 9.28. The van der Waals surface area contributed by atoms with Crippen LogP contribution in [0, 0.1) is 0 Å². The van der Waals surface area contributed by atoms with E-state index in [0.717, 1.165) is 16.7 Å². The SMILES string of the molecule is O=C(Nc1c(OSF)c(SF)c(SF)c(SF)c1SF)c1cc(OCc2ccccc2)c(OCc2ccccc2)c(OCc2ccccc2)c1. The van der Waals surface area contributed by atoms with E-state index in [-0.39, 0.29) is 42.6 Å². The number of halogens is 5. The molecule has 0 bridgehead atoms. The van der Waals surface area contributed by atoms with Gasteiger partial charge in [0, 0.05) is 5.56 Å². The normalized spacial score (nSPS) is 10.8. The van der Waals surface area contributed by atoms with Crippen LogP contribution < -0.4 is 23.7 Å². The summed E-state index contributed by atoms with van der Waals surface area (Å²) in [6.07, 6.45) is 0. The Kier molecular flexibility index (Phi) is 14.2. The average molecular weight is 782 g/mol. The molecule has 0 spiro atoms. The smallest absolute Gasteiger partial charge is 0.272 e. The first-order valence-corrected chi connectivity index (χ1v) is 17.8. The maximum Gasteiger partial charge on any atom is 0.272 e. The van der Waals surface area contributed by atoms with Crippen molar-refractivity contribution in [1.82, 2.24) is 0 Å². The van der Waals surface area contributed by atoms with Crippen LogP contribution in [0.5, 0.6) is 23.0 Å². The molecule has 16 heteroatoms. The fourth-order valence-corrected chi connectivity index (χ4v) is 7.04. The van der Waals surface area contributed by atoms with E-state index in [0.29, 0.717) is 0 Å². The first kappa shape index (κ1) is 37.4. The largest absolute Gasteiger partial charge is 0.485 e. The summed E-state index contributed by atoms with van der Waals surface area (Å²) >= 11 is -3.10. The van der Waals surface area contributed by atoms with Gasteiger partial charge in [0.25, 0.3) is 18.3 Å². The second kappa shape index (κ2) is 19.0. The van der Waals surface area contributed by atoms with Crippen molar-refractivity contribution in [1.29, 1.82) is 0 Å². The zero-order valence-electron chi connectivity index (χ0n) is 25.4. The van der Waals surface area contributed by atoms with Gasteiger partial charge >= 0.3 is 0 Å². The third-order valence-electron chi connectivity index (χ3n) is 6.92. The van der Waals surface area contributed by atoms with E-state index in [2.05, 4.69) is 5.32 Å². The predicted molar refractivity (Wildman–Crippen MR) is 190 cm³/mol. The van der Waals surface area contributed by atoms with Gasteiger partial charge in [-0.1, -0.05) is 91.0 Å². The molecule has 0 atom stereocenters. The molecule has 1 N–H and O–H groups in total. The molecule has 0 saturated heterocycles. The number of rotatable bonds is 17. The molecule has 0 unspecified atom stereocenters. The van der Waals surface area contributed by atoms with E-state index in [4.69, 9.17) is 18.4 Å². The molecule has 0 radical (unpaired) electrons. The molecule has 50 heavy (non-hydrogen) atoms. The fourth-order valence-electron chi connectivity index (χ4n) is 4.60. The molecule has 0 aliphatic carbocycles. The highest BCUT2D eigenvalue weighted by molar-refractivity contribution is 8.00. The van der Waals surface area contributed by atoms with E-state index in [1.165, 1.54) is 12.1 Å². The van der Waals surface area contributed by atoms with Crippen LogP contribution in [-0.4, -0.2) is 5.91 Å². The Morgan fingerprint density at radius 1 is 0.540 bits per heavy atom. The van der Waals surface area contributed by atoms with Gasteiger partial charge in [0.2, 0.25) is 5.75 Å². The van der Waals surface area contributed by atoms with Crippen LogP contribution in [-0.2, 0) is 19.8 Å². The van der Waals surface area contributed by atoms with Crippen molar-refractivity contribution in [3.63, 3.8) is 0 Å². The van der Waals surface area contributed by atoms with Crippen molar-refractivity contribution in [3.05, 3.63) is 125 Å². The van der Waals surface area contributed by atoms with Crippen molar-refractivity contribution in [2.45, 2.75) is 39.4 Å². The molecule has 5 rings (SSSR count). The van der Waals surface area contributed by atoms with Crippen LogP contribution in [0.2, 0.25) is 0 Å². The lowest BCUT2D eigenvalue weighted by Gasteiger charge is -2.20. The lowest BCUT2D eigenvalue weighted by Crippen LogP contribution is -2.15. The first-order chi connectivity index (χ1) is 24.5. The van der Waals surface area contributed by atoms with Crippen LogP contribution in [0.25, 0.3) is 0 Å². The number of anilines is 1. The summed E-state index contributed by atoms with van der Waals surface area (Å²) in [5.74, 6) is -1.35. The molecule has 5 aromatic rings. The molecule has 0 aromatic heterocycles. The van der Waals surface area contributed by atoms with Gasteiger partial charge in [-0.05, 0) is 28.8 Å². The van der Waals surface area contributed by atoms with Gasteiger partial charge < -0.3 is 23.7 Å². The average Bonchev–Trinajstić information content (AvgIpc) is 3.16. The van der Waals surface area contributed by atoms with E-state index in [1.807, 2.05) is 91.0 Å². The van der Waals surface area contributed by atoms with Crippen LogP contribution in [0.4, 0.5) is 25.1 Å². The highest BCUT2D eigenvalue weighted by Gasteiger charge is 2.31. The predicted octanol–water partition coefficient (Wildman–Crippen LogP) is 12.5. The summed E-state index contributed by atoms with van der Waals surface area (Å²) < 4.78 is 93.1. The summed E-state index contributed by atoms with van der Waals surface area (Å²) in [5.41, 5.74) is 1.69. The Morgan fingerprint density at radius 3 is 1.38 bits per heavy atom. The molecule has 0 heterocycles. The molecule has 0 fully saturated rings. The number of carbonyl (C=O) groups is 1. The third-order valence-corrected chi connectivity index (χ3v) is 9.77. The van der Waals surface area contributed by atoms with Crippen LogP contribution >= 0.6 is 61.0 Å². The van der Waals surface area contributed by atoms with E-state index in [1.54, 1.807) is 0 Å². The van der Waals surface area contributed by atoms with Crippen LogP contribution in [0.15, 0.2) is 123 Å². The van der Waals surface area contributed by atoms with E-state index >= 15 is 0 Å². The Hall–Kier alpha value is -3.83. The molecule has 0 aliphatic heterocycles. The maximum atomic E-state index is 14.3. The van der Waals surface area contributed by atoms with Gasteiger partial charge in [0.1, 0.15) is 30.4 Å². The maximum absolute atomic E-state index is 14.3. The second-order valence-corrected chi connectivity index (χ2v) is 12.6. The quantitative estimate of drug-likeness (QED) is 0.0728. The highest BCUT2D eigenvalue weighted by Crippen LogP contribution is 2.55. The summed E-state index contributed by atoms with van der Waals surface area (Å²) in [4.78, 5) is 11.2. The van der Waals surface area contributed by atoms with Gasteiger partial charge in [-0.15, -0.1) is 3.89 Å². The Morgan fingerprint density at radius 2 is 0.960 bits per heavy atom. The number of ether oxygens (including phenoxy) is 3. The van der Waals surface area contributed by atoms with Gasteiger partial charge in [-0.2, -0.15) is 15.5 Å². The molecular weight excluding hydrogens is 758 g/mol. The molecule has 5 aromatic carbocycles. The molecular formula is C34H24F5NO5S5. The van der Waals surface area contributed by atoms with Crippen molar-refractivity contribution in [2.75, 3.05) is 5.32 Å². The van der Waals surface area contributed by atoms with Gasteiger partial charge in [0.15, 0.2) is 17.2 Å². The van der Waals surface area contributed by atoms with Crippen molar-refractivity contribution >= 4 is 72.6 Å². The van der Waals surface area contributed by atoms with Gasteiger partial charge in [-0.3, -0.25) is 4.79 Å². The minimum atomic E-state index is -0.956. The highest BCUT2D eigenvalue weighted by atomic mass is 32.2. The zero-order valence-corrected chi connectivity index (χ0v) is 29.5. The second-order valence-electron chi connectivity index (χ2n) is 10.1. The van der Waals surface area contributed by atoms with E-state index < -0.39 is 97.9 Å². The summed E-state index contributed by atoms with van der Waals surface area (Å²) in [6, 6.07) is 30.4. The fraction of sp³-hybridized carbons (Fsp3) is 0.0882. The van der Waals surface area contributed by atoms with Crippen molar-refractivity contribution in [2.24, 2.45) is 0 Å². The van der Waals surface area contributed by atoms with Gasteiger partial charge in [-0.25, -0.2) is 0 Å². The summed E-state index contributed by atoms with van der Waals surface area (Å²) in [5, 5.41) is 2.36. The molecule has 6 nitrogen and oxygen atoms in total. The monoisotopic (exact) mass is 781 g/mol. The lowest BCUT2D eigenvalue weighted by atomic mass is 10.1. The lowest BCUT2D eigenvalue weighted by molar-refractivity contribution is 0.102.